The summed E-state index contributed by atoms with van der Waals surface area (Å²) in [7, 11) is -4.60. The molecule has 14 heteroatoms. The van der Waals surface area contributed by atoms with Crippen LogP contribution in [0.25, 0.3) is 10.2 Å². The van der Waals surface area contributed by atoms with Crippen molar-refractivity contribution >= 4 is 48.5 Å². The molecular formula is C14H15F3N4O5S2. The molecule has 2 aromatic rings. The van der Waals surface area contributed by atoms with Crippen LogP contribution in [0.5, 0.6) is 5.75 Å². The van der Waals surface area contributed by atoms with Gasteiger partial charge in [0.2, 0.25) is 0 Å². The molecule has 2 rings (SSSR count). The Kier molecular flexibility index (Phi) is 6.34. The van der Waals surface area contributed by atoms with Gasteiger partial charge in [-0.25, -0.2) is 9.78 Å². The van der Waals surface area contributed by atoms with Gasteiger partial charge in [0.05, 0.1) is 15.9 Å². The number of urea groups is 1. The summed E-state index contributed by atoms with van der Waals surface area (Å²) in [6.07, 6.45) is 0. The van der Waals surface area contributed by atoms with Crippen LogP contribution >= 0.6 is 11.3 Å². The standard InChI is InChI=1S/C14H15F3N4O5S2/c1-4-18-12(22)20-13-19-10-6-8(26-28(23,24)14(15,16)17)5-9(11(10)27-13)7(2)21-25-3/h5-6H,4H2,1-3H3,(H2,18,19,20,22). The summed E-state index contributed by atoms with van der Waals surface area (Å²) in [5.74, 6) is -0.611. The van der Waals surface area contributed by atoms with Gasteiger partial charge in [0.1, 0.15) is 12.9 Å². The van der Waals surface area contributed by atoms with Gasteiger partial charge in [-0.05, 0) is 19.9 Å². The van der Waals surface area contributed by atoms with Gasteiger partial charge in [0.25, 0.3) is 0 Å². The smallest absolute Gasteiger partial charge is 0.399 e. The number of amides is 2. The Morgan fingerprint density at radius 2 is 2.04 bits per heavy atom. The van der Waals surface area contributed by atoms with Crippen molar-refractivity contribution in [3.63, 3.8) is 0 Å². The van der Waals surface area contributed by atoms with Crippen LogP contribution in [-0.2, 0) is 15.0 Å². The van der Waals surface area contributed by atoms with Gasteiger partial charge in [0, 0.05) is 18.2 Å². The Morgan fingerprint density at radius 3 is 2.61 bits per heavy atom. The molecule has 28 heavy (non-hydrogen) atoms. The summed E-state index contributed by atoms with van der Waals surface area (Å²) >= 11 is 1.02. The van der Waals surface area contributed by atoms with Crippen molar-refractivity contribution in [2.45, 2.75) is 19.4 Å². The van der Waals surface area contributed by atoms with E-state index < -0.39 is 27.4 Å². The lowest BCUT2D eigenvalue weighted by molar-refractivity contribution is -0.0500. The SMILES string of the molecule is CCNC(=O)Nc1nc2cc(OS(=O)(=O)C(F)(F)F)cc(C(C)=NOC)c2s1. The lowest BCUT2D eigenvalue weighted by Crippen LogP contribution is -2.28. The molecule has 2 N–H and O–H groups in total. The average Bonchev–Trinajstić information content (AvgIpc) is 2.95. The number of halogens is 3. The van der Waals surface area contributed by atoms with Crippen LogP contribution in [0.1, 0.15) is 19.4 Å². The summed E-state index contributed by atoms with van der Waals surface area (Å²) in [6, 6.07) is 1.56. The number of carbonyl (C=O) groups excluding carboxylic acids is 1. The molecule has 0 saturated carbocycles. The third-order valence-corrected chi connectivity index (χ3v) is 5.13. The second kappa shape index (κ2) is 8.18. The summed E-state index contributed by atoms with van der Waals surface area (Å²) in [5, 5.41) is 8.81. The van der Waals surface area contributed by atoms with Crippen LogP contribution in [0.2, 0.25) is 0 Å². The quantitative estimate of drug-likeness (QED) is 0.308. The van der Waals surface area contributed by atoms with E-state index in [2.05, 4.69) is 29.8 Å². The number of alkyl halides is 3. The lowest BCUT2D eigenvalue weighted by atomic mass is 10.1. The predicted molar refractivity (Wildman–Crippen MR) is 97.1 cm³/mol. The predicted octanol–water partition coefficient (Wildman–Crippen LogP) is 3.04. The van der Waals surface area contributed by atoms with Gasteiger partial charge >= 0.3 is 21.7 Å². The van der Waals surface area contributed by atoms with E-state index in [0.717, 1.165) is 23.5 Å². The first-order valence-corrected chi connectivity index (χ1v) is 9.79. The molecule has 0 bridgehead atoms. The Hall–Kier alpha value is -2.61. The summed E-state index contributed by atoms with van der Waals surface area (Å²) in [5.41, 5.74) is -5.03. The van der Waals surface area contributed by atoms with E-state index >= 15 is 0 Å². The molecule has 0 aliphatic carbocycles. The van der Waals surface area contributed by atoms with Gasteiger partial charge in [-0.2, -0.15) is 21.6 Å². The van der Waals surface area contributed by atoms with E-state index in [-0.39, 0.29) is 21.9 Å². The molecule has 0 saturated heterocycles. The van der Waals surface area contributed by atoms with Crippen molar-refractivity contribution in [3.8, 4) is 5.75 Å². The molecule has 2 amide bonds. The largest absolute Gasteiger partial charge is 0.534 e. The number of hydrogen-bond donors (Lipinski definition) is 2. The van der Waals surface area contributed by atoms with Crippen LogP contribution in [-0.4, -0.2) is 44.3 Å². The third kappa shape index (κ3) is 4.81. The summed E-state index contributed by atoms with van der Waals surface area (Å²) in [6.45, 7) is 3.58. The van der Waals surface area contributed by atoms with E-state index in [1.807, 2.05) is 0 Å². The molecule has 1 heterocycles. The zero-order valence-electron chi connectivity index (χ0n) is 14.7. The first-order chi connectivity index (χ1) is 13.0. The maximum absolute atomic E-state index is 12.6. The molecule has 0 aliphatic heterocycles. The average molecular weight is 440 g/mol. The van der Waals surface area contributed by atoms with Crippen LogP contribution in [0, 0.1) is 0 Å². The Morgan fingerprint density at radius 1 is 1.36 bits per heavy atom. The van der Waals surface area contributed by atoms with Crippen LogP contribution in [0.4, 0.5) is 23.1 Å². The van der Waals surface area contributed by atoms with E-state index in [1.165, 1.54) is 14.0 Å². The zero-order chi connectivity index (χ0) is 21.1. The maximum atomic E-state index is 12.6. The molecule has 0 aliphatic rings. The molecule has 1 aromatic heterocycles. The normalized spacial score (nSPS) is 12.7. The molecule has 1 aromatic carbocycles. The highest BCUT2D eigenvalue weighted by Crippen LogP contribution is 2.35. The van der Waals surface area contributed by atoms with Crippen molar-refractivity contribution in [1.29, 1.82) is 0 Å². The molecule has 0 unspecified atom stereocenters. The fraction of sp³-hybridized carbons (Fsp3) is 0.357. The molecule has 154 valence electrons. The Labute approximate surface area is 161 Å². The highest BCUT2D eigenvalue weighted by atomic mass is 32.2. The number of carbonyl (C=O) groups is 1. The molecule has 0 fully saturated rings. The van der Waals surface area contributed by atoms with Gasteiger partial charge in [-0.3, -0.25) is 5.32 Å². The number of aromatic nitrogens is 1. The minimum absolute atomic E-state index is 0.104. The fourth-order valence-electron chi connectivity index (χ4n) is 2.04. The summed E-state index contributed by atoms with van der Waals surface area (Å²) < 4.78 is 65.0. The van der Waals surface area contributed by atoms with Gasteiger partial charge in [-0.15, -0.1) is 0 Å². The number of hydrogen-bond acceptors (Lipinski definition) is 8. The molecular weight excluding hydrogens is 425 g/mol. The lowest BCUT2D eigenvalue weighted by Gasteiger charge is -2.10. The van der Waals surface area contributed by atoms with Crippen LogP contribution in [0.15, 0.2) is 17.3 Å². The third-order valence-electron chi connectivity index (χ3n) is 3.13. The molecule has 0 spiro atoms. The first kappa shape index (κ1) is 21.7. The number of oxime groups is 1. The minimum atomic E-state index is -5.87. The van der Waals surface area contributed by atoms with Crippen LogP contribution in [0.3, 0.4) is 0 Å². The van der Waals surface area contributed by atoms with Gasteiger partial charge < -0.3 is 14.3 Å². The van der Waals surface area contributed by atoms with Crippen molar-refractivity contribution in [2.75, 3.05) is 19.0 Å². The number of benzene rings is 1. The molecule has 0 atom stereocenters. The van der Waals surface area contributed by atoms with Gasteiger partial charge in [0.15, 0.2) is 5.13 Å². The highest BCUT2D eigenvalue weighted by molar-refractivity contribution is 7.88. The first-order valence-electron chi connectivity index (χ1n) is 7.56. The maximum Gasteiger partial charge on any atom is 0.534 e. The van der Waals surface area contributed by atoms with E-state index in [0.29, 0.717) is 11.2 Å². The van der Waals surface area contributed by atoms with Crippen molar-refractivity contribution in [1.82, 2.24) is 10.3 Å². The van der Waals surface area contributed by atoms with Crippen molar-refractivity contribution < 1.29 is 35.4 Å². The fourth-order valence-corrected chi connectivity index (χ4v) is 3.49. The van der Waals surface area contributed by atoms with Crippen molar-refractivity contribution in [3.05, 3.63) is 17.7 Å². The van der Waals surface area contributed by atoms with Crippen molar-refractivity contribution in [2.24, 2.45) is 5.16 Å². The topological polar surface area (TPSA) is 119 Å². The number of nitrogens with zero attached hydrogens (tertiary/aromatic N) is 2. The second-order valence-corrected chi connectivity index (χ2v) is 7.70. The summed E-state index contributed by atoms with van der Waals surface area (Å²) in [4.78, 5) is 20.4. The van der Waals surface area contributed by atoms with Crippen LogP contribution < -0.4 is 14.8 Å². The second-order valence-electron chi connectivity index (χ2n) is 5.17. The Bertz CT molecular complexity index is 1020. The minimum Gasteiger partial charge on any atom is -0.399 e. The number of nitrogens with one attached hydrogen (secondary N) is 2. The zero-order valence-corrected chi connectivity index (χ0v) is 16.4. The number of thiazole rings is 1. The molecule has 9 nitrogen and oxygen atoms in total. The van der Waals surface area contributed by atoms with E-state index in [4.69, 9.17) is 0 Å². The molecule has 0 radical (unpaired) electrons. The van der Waals surface area contributed by atoms with Gasteiger partial charge in [-0.1, -0.05) is 16.5 Å². The van der Waals surface area contributed by atoms with E-state index in [9.17, 15) is 26.4 Å². The van der Waals surface area contributed by atoms with E-state index in [1.54, 1.807) is 6.92 Å². The number of anilines is 1. The monoisotopic (exact) mass is 440 g/mol. The Balaban J connectivity index is 2.56. The number of fused-ring (bicyclic) bond motifs is 1. The number of rotatable bonds is 6. The highest BCUT2D eigenvalue weighted by Gasteiger charge is 2.48.